The van der Waals surface area contributed by atoms with E-state index in [0.717, 1.165) is 28.3 Å². The molecule has 5 heteroatoms. The Morgan fingerprint density at radius 3 is 2.59 bits per heavy atom. The Morgan fingerprint density at radius 2 is 2.00 bits per heavy atom. The van der Waals surface area contributed by atoms with Crippen LogP contribution < -0.4 is 10.1 Å². The first kappa shape index (κ1) is 16.1. The molecule has 5 nitrogen and oxygen atoms in total. The normalized spacial score (nSPS) is 11.3. The molecule has 0 aliphatic heterocycles. The Labute approximate surface area is 131 Å². The first-order valence-electron chi connectivity index (χ1n) is 7.30. The summed E-state index contributed by atoms with van der Waals surface area (Å²) in [6.07, 6.45) is 0.312. The summed E-state index contributed by atoms with van der Waals surface area (Å²) in [6, 6.07) is 7.72. The van der Waals surface area contributed by atoms with Crippen LogP contribution in [0.5, 0.6) is 5.75 Å². The molecule has 0 saturated carbocycles. The molecule has 2 aromatic rings. The number of hydrogen-bond donors (Lipinski definition) is 2. The van der Waals surface area contributed by atoms with Crippen molar-refractivity contribution in [2.24, 2.45) is 0 Å². The molecule has 1 aromatic carbocycles. The van der Waals surface area contributed by atoms with E-state index in [1.165, 1.54) is 0 Å². The Hall–Kier alpha value is -2.30. The molecule has 1 heterocycles. The number of rotatable bonds is 5. The van der Waals surface area contributed by atoms with Gasteiger partial charge in [-0.25, -0.2) is 0 Å². The van der Waals surface area contributed by atoms with Crippen molar-refractivity contribution in [1.29, 1.82) is 0 Å². The van der Waals surface area contributed by atoms with Crippen LogP contribution in [0.2, 0.25) is 0 Å². The molecular weight excluding hydrogens is 278 g/mol. The van der Waals surface area contributed by atoms with Gasteiger partial charge in [-0.2, -0.15) is 5.10 Å². The smallest absolute Gasteiger partial charge is 0.225 e. The van der Waals surface area contributed by atoms with Crippen molar-refractivity contribution in [3.05, 3.63) is 46.8 Å². The molecule has 0 unspecified atom stereocenters. The van der Waals surface area contributed by atoms with Crippen molar-refractivity contribution in [2.75, 3.05) is 7.11 Å². The minimum absolute atomic E-state index is 0.0384. The Balaban J connectivity index is 2.16. The lowest BCUT2D eigenvalue weighted by molar-refractivity contribution is -0.122. The number of aryl methyl sites for hydroxylation is 2. The lowest BCUT2D eigenvalue weighted by Crippen LogP contribution is -2.42. The maximum atomic E-state index is 12.4. The van der Waals surface area contributed by atoms with E-state index in [9.17, 15) is 4.79 Å². The molecule has 2 N–H and O–H groups in total. The molecule has 0 bridgehead atoms. The molecule has 0 saturated heterocycles. The Morgan fingerprint density at radius 1 is 1.32 bits per heavy atom. The van der Waals surface area contributed by atoms with E-state index in [0.29, 0.717) is 6.42 Å². The second kappa shape index (κ2) is 6.22. The van der Waals surface area contributed by atoms with E-state index in [2.05, 4.69) is 15.5 Å². The van der Waals surface area contributed by atoms with Crippen LogP contribution in [0, 0.1) is 13.8 Å². The van der Waals surface area contributed by atoms with Gasteiger partial charge in [-0.3, -0.25) is 9.89 Å². The number of nitrogens with zero attached hydrogens (tertiary/aromatic N) is 1. The summed E-state index contributed by atoms with van der Waals surface area (Å²) in [6.45, 7) is 7.77. The third-order valence-electron chi connectivity index (χ3n) is 3.85. The van der Waals surface area contributed by atoms with E-state index in [1.807, 2.05) is 52.0 Å². The lowest BCUT2D eigenvalue weighted by atomic mass is 9.93. The molecular formula is C17H23N3O2. The highest BCUT2D eigenvalue weighted by Gasteiger charge is 2.26. The van der Waals surface area contributed by atoms with Crippen molar-refractivity contribution >= 4 is 5.91 Å². The number of amides is 1. The van der Waals surface area contributed by atoms with Crippen molar-refractivity contribution < 1.29 is 9.53 Å². The van der Waals surface area contributed by atoms with Crippen LogP contribution >= 0.6 is 0 Å². The number of methoxy groups -OCH3 is 1. The summed E-state index contributed by atoms with van der Waals surface area (Å²) in [5, 5.41) is 10.1. The molecule has 0 aliphatic rings. The van der Waals surface area contributed by atoms with Crippen molar-refractivity contribution in [1.82, 2.24) is 15.5 Å². The summed E-state index contributed by atoms with van der Waals surface area (Å²) in [7, 11) is 1.63. The maximum absolute atomic E-state index is 12.4. The van der Waals surface area contributed by atoms with Crippen LogP contribution in [0.25, 0.3) is 0 Å². The van der Waals surface area contributed by atoms with Crippen LogP contribution in [0.4, 0.5) is 0 Å². The first-order valence-corrected chi connectivity index (χ1v) is 7.30. The summed E-state index contributed by atoms with van der Waals surface area (Å²) >= 11 is 0. The highest BCUT2D eigenvalue weighted by atomic mass is 16.5. The van der Waals surface area contributed by atoms with Crippen molar-refractivity contribution in [2.45, 2.75) is 39.7 Å². The number of ether oxygens (including phenoxy) is 1. The predicted molar refractivity (Wildman–Crippen MR) is 85.9 cm³/mol. The zero-order valence-electron chi connectivity index (χ0n) is 13.8. The fraction of sp³-hybridized carbons (Fsp3) is 0.412. The summed E-state index contributed by atoms with van der Waals surface area (Å²) in [4.78, 5) is 12.4. The molecule has 0 spiro atoms. The summed E-state index contributed by atoms with van der Waals surface area (Å²) in [5.41, 5.74) is 3.18. The molecule has 0 atom stereocenters. The minimum atomic E-state index is -0.519. The number of H-pyrrole nitrogens is 1. The topological polar surface area (TPSA) is 67.0 Å². The first-order chi connectivity index (χ1) is 10.3. The van der Waals surface area contributed by atoms with Crippen LogP contribution in [-0.4, -0.2) is 23.2 Å². The molecule has 1 amide bonds. The second-order valence-corrected chi connectivity index (χ2v) is 5.96. The van der Waals surface area contributed by atoms with Gasteiger partial charge in [0.25, 0.3) is 0 Å². The number of carbonyl (C=O) groups is 1. The highest BCUT2D eigenvalue weighted by Crippen LogP contribution is 2.29. The van der Waals surface area contributed by atoms with Crippen LogP contribution in [0.1, 0.15) is 36.4 Å². The summed E-state index contributed by atoms with van der Waals surface area (Å²) in [5.74, 6) is 0.729. The molecule has 2 rings (SSSR count). The van der Waals surface area contributed by atoms with Gasteiger partial charge >= 0.3 is 0 Å². The lowest BCUT2D eigenvalue weighted by Gasteiger charge is -2.28. The molecule has 118 valence electrons. The third-order valence-corrected chi connectivity index (χ3v) is 3.85. The number of aromatic amines is 1. The maximum Gasteiger partial charge on any atom is 0.225 e. The van der Waals surface area contributed by atoms with Crippen LogP contribution in [0.3, 0.4) is 0 Å². The monoisotopic (exact) mass is 301 g/mol. The average molecular weight is 301 g/mol. The van der Waals surface area contributed by atoms with Gasteiger partial charge in [0.15, 0.2) is 0 Å². The van der Waals surface area contributed by atoms with E-state index in [1.54, 1.807) is 7.11 Å². The summed E-state index contributed by atoms with van der Waals surface area (Å²) < 4.78 is 5.39. The van der Waals surface area contributed by atoms with Gasteiger partial charge < -0.3 is 10.1 Å². The van der Waals surface area contributed by atoms with Gasteiger partial charge in [0.1, 0.15) is 5.75 Å². The highest BCUT2D eigenvalue weighted by molar-refractivity contribution is 5.80. The van der Waals surface area contributed by atoms with Gasteiger partial charge in [0.05, 0.1) is 24.8 Å². The fourth-order valence-corrected chi connectivity index (χ4v) is 2.62. The van der Waals surface area contributed by atoms with Gasteiger partial charge in [-0.05, 0) is 33.8 Å². The average Bonchev–Trinajstić information content (AvgIpc) is 2.78. The zero-order valence-corrected chi connectivity index (χ0v) is 13.8. The standard InChI is InChI=1S/C17H23N3O2/c1-11-13(12(2)20-19-11)10-16(21)18-17(3,4)14-8-6-7-9-15(14)22-5/h6-9H,10H2,1-5H3,(H,18,21)(H,19,20). The fourth-order valence-electron chi connectivity index (χ4n) is 2.62. The second-order valence-electron chi connectivity index (χ2n) is 5.96. The van der Waals surface area contributed by atoms with E-state index < -0.39 is 5.54 Å². The van der Waals surface area contributed by atoms with Crippen molar-refractivity contribution in [3.63, 3.8) is 0 Å². The largest absolute Gasteiger partial charge is 0.496 e. The Kier molecular flexibility index (Phi) is 4.54. The van der Waals surface area contributed by atoms with Gasteiger partial charge in [-0.1, -0.05) is 18.2 Å². The number of hydrogen-bond acceptors (Lipinski definition) is 3. The molecule has 22 heavy (non-hydrogen) atoms. The van der Waals surface area contributed by atoms with Gasteiger partial charge in [0.2, 0.25) is 5.91 Å². The molecule has 0 fully saturated rings. The number of nitrogens with one attached hydrogen (secondary N) is 2. The number of carbonyl (C=O) groups excluding carboxylic acids is 1. The minimum Gasteiger partial charge on any atom is -0.496 e. The number of benzene rings is 1. The molecule has 0 aliphatic carbocycles. The quantitative estimate of drug-likeness (QED) is 0.892. The van der Waals surface area contributed by atoms with Crippen LogP contribution in [0.15, 0.2) is 24.3 Å². The van der Waals surface area contributed by atoms with E-state index >= 15 is 0 Å². The molecule has 0 radical (unpaired) electrons. The Bertz CT molecular complexity index is 655. The van der Waals surface area contributed by atoms with Crippen LogP contribution in [-0.2, 0) is 16.8 Å². The van der Waals surface area contributed by atoms with Crippen molar-refractivity contribution in [3.8, 4) is 5.75 Å². The SMILES string of the molecule is COc1ccccc1C(C)(C)NC(=O)Cc1c(C)n[nH]c1C. The predicted octanol–water partition coefficient (Wildman–Crippen LogP) is 2.63. The van der Waals surface area contributed by atoms with Gasteiger partial charge in [0, 0.05) is 16.8 Å². The molecule has 1 aromatic heterocycles. The third kappa shape index (κ3) is 3.30. The number of para-hydroxylation sites is 1. The van der Waals surface area contributed by atoms with E-state index in [4.69, 9.17) is 4.74 Å². The number of aromatic nitrogens is 2. The van der Waals surface area contributed by atoms with Gasteiger partial charge in [-0.15, -0.1) is 0 Å². The zero-order chi connectivity index (χ0) is 16.3. The van der Waals surface area contributed by atoms with E-state index in [-0.39, 0.29) is 5.91 Å².